The summed E-state index contributed by atoms with van der Waals surface area (Å²) in [4.78, 5) is 12.3. The summed E-state index contributed by atoms with van der Waals surface area (Å²) in [5.41, 5.74) is 0.730. The number of nitrogens with one attached hydrogen (secondary N) is 1. The predicted molar refractivity (Wildman–Crippen MR) is 83.4 cm³/mol. The summed E-state index contributed by atoms with van der Waals surface area (Å²) < 4.78 is 7.33. The van der Waals surface area contributed by atoms with E-state index in [1.54, 1.807) is 6.33 Å². The topological polar surface area (TPSA) is 89.3 Å². The number of hydrogen-bond donors (Lipinski definition) is 2. The fourth-order valence-electron chi connectivity index (χ4n) is 3.54. The number of allylic oxidation sites excluding steroid dienone is 1. The third kappa shape index (κ3) is 3.39. The lowest BCUT2D eigenvalue weighted by atomic mass is 10.0. The second kappa shape index (κ2) is 6.70. The zero-order chi connectivity index (χ0) is 16.4. The van der Waals surface area contributed by atoms with Crippen molar-refractivity contribution in [3.8, 4) is 0 Å². The van der Waals surface area contributed by atoms with E-state index in [1.807, 2.05) is 18.5 Å². The molecular formula is C16H24N4O3. The van der Waals surface area contributed by atoms with Gasteiger partial charge in [-0.2, -0.15) is 0 Å². The number of aliphatic hydroxyl groups is 1. The van der Waals surface area contributed by atoms with Crippen LogP contribution in [0.2, 0.25) is 0 Å². The number of carbonyl (C=O) groups excluding carboxylic acids is 1. The first-order valence-electron chi connectivity index (χ1n) is 8.19. The molecule has 0 saturated heterocycles. The molecule has 2 heterocycles. The summed E-state index contributed by atoms with van der Waals surface area (Å²) in [6.45, 7) is 3.00. The lowest BCUT2D eigenvalue weighted by Crippen LogP contribution is -2.34. The van der Waals surface area contributed by atoms with E-state index in [-0.39, 0.29) is 17.7 Å². The Morgan fingerprint density at radius 1 is 1.52 bits per heavy atom. The van der Waals surface area contributed by atoms with E-state index < -0.39 is 6.10 Å². The molecule has 23 heavy (non-hydrogen) atoms. The molecule has 1 aliphatic carbocycles. The number of nitrogens with zero attached hydrogens (tertiary/aromatic N) is 3. The minimum absolute atomic E-state index is 0.0473. The van der Waals surface area contributed by atoms with Crippen LogP contribution in [0.3, 0.4) is 0 Å². The van der Waals surface area contributed by atoms with Crippen molar-refractivity contribution in [2.24, 2.45) is 13.0 Å². The average molecular weight is 320 g/mol. The fourth-order valence-corrected chi connectivity index (χ4v) is 3.54. The third-order valence-corrected chi connectivity index (χ3v) is 4.88. The highest BCUT2D eigenvalue weighted by Gasteiger charge is 2.36. The number of ether oxygens (including phenoxy) is 1. The largest absolute Gasteiger partial charge is 0.498 e. The number of aliphatic hydroxyl groups excluding tert-OH is 1. The second-order valence-electron chi connectivity index (χ2n) is 6.49. The lowest BCUT2D eigenvalue weighted by molar-refractivity contribution is -0.118. The first-order valence-corrected chi connectivity index (χ1v) is 8.19. The van der Waals surface area contributed by atoms with Crippen LogP contribution in [-0.2, 0) is 16.6 Å². The minimum atomic E-state index is -0.422. The molecule has 3 rings (SSSR count). The Kier molecular flexibility index (Phi) is 4.66. The van der Waals surface area contributed by atoms with Crippen LogP contribution in [-0.4, -0.2) is 45.0 Å². The van der Waals surface area contributed by atoms with Crippen molar-refractivity contribution in [3.05, 3.63) is 23.5 Å². The number of carbonyl (C=O) groups is 1. The molecule has 0 radical (unpaired) electrons. The van der Waals surface area contributed by atoms with Gasteiger partial charge in [0.1, 0.15) is 17.9 Å². The molecule has 0 bridgehead atoms. The zero-order valence-electron chi connectivity index (χ0n) is 13.7. The van der Waals surface area contributed by atoms with Crippen molar-refractivity contribution in [2.75, 3.05) is 13.2 Å². The molecule has 2 aliphatic rings. The molecule has 3 atom stereocenters. The molecule has 1 aliphatic heterocycles. The minimum Gasteiger partial charge on any atom is -0.498 e. The Morgan fingerprint density at radius 2 is 2.35 bits per heavy atom. The van der Waals surface area contributed by atoms with Crippen LogP contribution in [0.4, 0.5) is 0 Å². The molecule has 7 heteroatoms. The highest BCUT2D eigenvalue weighted by atomic mass is 16.5. The quantitative estimate of drug-likeness (QED) is 0.859. The van der Waals surface area contributed by atoms with E-state index in [9.17, 15) is 9.90 Å². The molecule has 2 N–H and O–H groups in total. The van der Waals surface area contributed by atoms with E-state index in [4.69, 9.17) is 4.74 Å². The van der Waals surface area contributed by atoms with Gasteiger partial charge in [-0.1, -0.05) is 0 Å². The van der Waals surface area contributed by atoms with Gasteiger partial charge >= 0.3 is 0 Å². The summed E-state index contributed by atoms with van der Waals surface area (Å²) in [7, 11) is 1.91. The molecular weight excluding hydrogens is 296 g/mol. The fraction of sp³-hybridized carbons (Fsp3) is 0.688. The Bertz CT molecular complexity index is 610. The van der Waals surface area contributed by atoms with Crippen LogP contribution in [0.15, 0.2) is 17.7 Å². The van der Waals surface area contributed by atoms with E-state index in [0.29, 0.717) is 19.6 Å². The van der Waals surface area contributed by atoms with Gasteiger partial charge in [-0.05, 0) is 32.6 Å². The van der Waals surface area contributed by atoms with E-state index in [1.165, 1.54) is 0 Å². The molecule has 0 spiro atoms. The van der Waals surface area contributed by atoms with Gasteiger partial charge in [0, 0.05) is 25.4 Å². The maximum Gasteiger partial charge on any atom is 0.250 e. The van der Waals surface area contributed by atoms with Gasteiger partial charge in [-0.3, -0.25) is 4.79 Å². The SMILES string of the molecule is CC1=C(C(=O)NC[C@H]2C[C@H](c3nncn3C)C[C@H]2O)CCCO1. The van der Waals surface area contributed by atoms with Crippen LogP contribution >= 0.6 is 0 Å². The maximum atomic E-state index is 12.3. The molecule has 7 nitrogen and oxygen atoms in total. The number of aryl methyl sites for hydroxylation is 1. The van der Waals surface area contributed by atoms with Crippen LogP contribution in [0.5, 0.6) is 0 Å². The third-order valence-electron chi connectivity index (χ3n) is 4.88. The van der Waals surface area contributed by atoms with Crippen LogP contribution in [0.1, 0.15) is 44.3 Å². The Balaban J connectivity index is 1.56. The van der Waals surface area contributed by atoms with Crippen LogP contribution in [0, 0.1) is 5.92 Å². The van der Waals surface area contributed by atoms with Gasteiger partial charge in [-0.25, -0.2) is 0 Å². The van der Waals surface area contributed by atoms with Crippen molar-refractivity contribution in [3.63, 3.8) is 0 Å². The number of rotatable bonds is 4. The Hall–Kier alpha value is -1.89. The molecule has 1 aromatic heterocycles. The van der Waals surface area contributed by atoms with Crippen LogP contribution in [0.25, 0.3) is 0 Å². The second-order valence-corrected chi connectivity index (χ2v) is 6.49. The van der Waals surface area contributed by atoms with Crippen molar-refractivity contribution >= 4 is 5.91 Å². The van der Waals surface area contributed by atoms with Crippen LogP contribution < -0.4 is 5.32 Å². The number of aromatic nitrogens is 3. The lowest BCUT2D eigenvalue weighted by Gasteiger charge is -2.20. The highest BCUT2D eigenvalue weighted by molar-refractivity contribution is 5.93. The van der Waals surface area contributed by atoms with E-state index >= 15 is 0 Å². The monoisotopic (exact) mass is 320 g/mol. The van der Waals surface area contributed by atoms with Gasteiger partial charge in [-0.15, -0.1) is 10.2 Å². The summed E-state index contributed by atoms with van der Waals surface area (Å²) in [6.07, 6.45) is 4.36. The smallest absolute Gasteiger partial charge is 0.250 e. The summed E-state index contributed by atoms with van der Waals surface area (Å²) in [6, 6.07) is 0. The average Bonchev–Trinajstić information content (AvgIpc) is 3.11. The van der Waals surface area contributed by atoms with Gasteiger partial charge in [0.2, 0.25) is 0 Å². The summed E-state index contributed by atoms with van der Waals surface area (Å²) >= 11 is 0. The number of hydrogen-bond acceptors (Lipinski definition) is 5. The van der Waals surface area contributed by atoms with Gasteiger partial charge in [0.25, 0.3) is 5.91 Å². The first kappa shape index (κ1) is 16.0. The highest BCUT2D eigenvalue weighted by Crippen LogP contribution is 2.37. The molecule has 126 valence electrons. The predicted octanol–water partition coefficient (Wildman–Crippen LogP) is 0.870. The molecule has 1 saturated carbocycles. The van der Waals surface area contributed by atoms with Crippen molar-refractivity contribution in [1.29, 1.82) is 0 Å². The van der Waals surface area contributed by atoms with E-state index in [0.717, 1.165) is 36.4 Å². The Labute approximate surface area is 135 Å². The summed E-state index contributed by atoms with van der Waals surface area (Å²) in [5, 5.41) is 21.3. The number of amides is 1. The van der Waals surface area contributed by atoms with Crippen molar-refractivity contribution in [1.82, 2.24) is 20.1 Å². The van der Waals surface area contributed by atoms with Crippen molar-refractivity contribution in [2.45, 2.75) is 44.6 Å². The molecule has 1 amide bonds. The standard InChI is InChI=1S/C16H24N4O3/c1-10-13(4-3-5-23-10)16(22)17-8-12-6-11(7-14(12)21)15-19-18-9-20(15)2/h9,11-12,14,21H,3-8H2,1-2H3,(H,17,22)/t11-,12+,14+/m0/s1. The molecule has 0 unspecified atom stereocenters. The van der Waals surface area contributed by atoms with Gasteiger partial charge < -0.3 is 19.7 Å². The van der Waals surface area contributed by atoms with Gasteiger partial charge in [0.15, 0.2) is 0 Å². The molecule has 1 aromatic rings. The normalized spacial score (nSPS) is 27.9. The molecule has 0 aromatic carbocycles. The maximum absolute atomic E-state index is 12.3. The van der Waals surface area contributed by atoms with Gasteiger partial charge in [0.05, 0.1) is 18.3 Å². The summed E-state index contributed by atoms with van der Waals surface area (Å²) in [5.74, 6) is 1.79. The van der Waals surface area contributed by atoms with E-state index in [2.05, 4.69) is 15.5 Å². The first-order chi connectivity index (χ1) is 11.1. The van der Waals surface area contributed by atoms with Crippen molar-refractivity contribution < 1.29 is 14.6 Å². The zero-order valence-corrected chi connectivity index (χ0v) is 13.7. The molecule has 1 fully saturated rings. The Morgan fingerprint density at radius 3 is 3.04 bits per heavy atom.